The Morgan fingerprint density at radius 2 is 1.94 bits per heavy atom. The fraction of sp³-hybridized carbons (Fsp3) is 0.750. The highest BCUT2D eigenvalue weighted by Gasteiger charge is 2.38. The first-order chi connectivity index (χ1) is 8.34. The molecule has 6 heteroatoms. The Morgan fingerprint density at radius 3 is 2.39 bits per heavy atom. The molecule has 2 atom stereocenters. The minimum absolute atomic E-state index is 0.0727. The summed E-state index contributed by atoms with van der Waals surface area (Å²) in [6.07, 6.45) is 1.17. The first-order valence-electron chi connectivity index (χ1n) is 6.15. The van der Waals surface area contributed by atoms with Gasteiger partial charge in [-0.2, -0.15) is 0 Å². The van der Waals surface area contributed by atoms with E-state index < -0.39 is 18.1 Å². The van der Waals surface area contributed by atoms with Crippen LogP contribution in [-0.2, 0) is 14.4 Å². The van der Waals surface area contributed by atoms with Crippen LogP contribution in [0.1, 0.15) is 33.6 Å². The van der Waals surface area contributed by atoms with Gasteiger partial charge in [0.2, 0.25) is 11.8 Å². The zero-order chi connectivity index (χ0) is 13.9. The number of hydrogen-bond donors (Lipinski definition) is 2. The van der Waals surface area contributed by atoms with Crippen molar-refractivity contribution in [1.82, 2.24) is 10.2 Å². The van der Waals surface area contributed by atoms with Gasteiger partial charge in [0.1, 0.15) is 12.1 Å². The molecular weight excluding hydrogens is 236 g/mol. The van der Waals surface area contributed by atoms with Crippen LogP contribution >= 0.6 is 0 Å². The molecule has 6 nitrogen and oxygen atoms in total. The number of nitrogens with zero attached hydrogens (tertiary/aromatic N) is 1. The first kappa shape index (κ1) is 14.5. The van der Waals surface area contributed by atoms with Gasteiger partial charge in [-0.05, 0) is 18.8 Å². The third kappa shape index (κ3) is 3.21. The van der Waals surface area contributed by atoms with E-state index in [-0.39, 0.29) is 17.7 Å². The summed E-state index contributed by atoms with van der Waals surface area (Å²) in [5, 5.41) is 11.6. The molecular formula is C12H20N2O4. The minimum Gasteiger partial charge on any atom is -0.480 e. The SMILES string of the molecule is CC(=O)NC(C(=O)N1CCC[C@H]1C(=O)O)C(C)C. The number of carbonyl (C=O) groups is 3. The van der Waals surface area contributed by atoms with Gasteiger partial charge in [-0.1, -0.05) is 13.8 Å². The zero-order valence-corrected chi connectivity index (χ0v) is 11.0. The Labute approximate surface area is 106 Å². The molecule has 1 unspecified atom stereocenters. The highest BCUT2D eigenvalue weighted by molar-refractivity contribution is 5.90. The summed E-state index contributed by atoms with van der Waals surface area (Å²) in [5.74, 6) is -1.64. The van der Waals surface area contributed by atoms with Crippen molar-refractivity contribution in [3.8, 4) is 0 Å². The second kappa shape index (κ2) is 5.84. The van der Waals surface area contributed by atoms with E-state index in [1.165, 1.54) is 11.8 Å². The van der Waals surface area contributed by atoms with Gasteiger partial charge >= 0.3 is 5.97 Å². The lowest BCUT2D eigenvalue weighted by molar-refractivity contribution is -0.149. The van der Waals surface area contributed by atoms with E-state index in [0.29, 0.717) is 19.4 Å². The topological polar surface area (TPSA) is 86.7 Å². The number of nitrogens with one attached hydrogen (secondary N) is 1. The van der Waals surface area contributed by atoms with Crippen molar-refractivity contribution in [3.05, 3.63) is 0 Å². The van der Waals surface area contributed by atoms with Crippen LogP contribution in [0.15, 0.2) is 0 Å². The summed E-state index contributed by atoms with van der Waals surface area (Å²) >= 11 is 0. The van der Waals surface area contributed by atoms with Crippen molar-refractivity contribution in [1.29, 1.82) is 0 Å². The summed E-state index contributed by atoms with van der Waals surface area (Å²) in [6, 6.07) is -1.41. The maximum atomic E-state index is 12.3. The minimum atomic E-state index is -0.980. The Morgan fingerprint density at radius 1 is 1.33 bits per heavy atom. The second-order valence-electron chi connectivity index (χ2n) is 4.95. The molecule has 0 aromatic heterocycles. The standard InChI is InChI=1S/C12H20N2O4/c1-7(2)10(13-8(3)15)11(16)14-6-4-5-9(14)12(17)18/h7,9-10H,4-6H2,1-3H3,(H,13,15)(H,17,18)/t9-,10?/m0/s1. The molecule has 18 heavy (non-hydrogen) atoms. The van der Waals surface area contributed by atoms with Crippen LogP contribution in [0.5, 0.6) is 0 Å². The Hall–Kier alpha value is -1.59. The summed E-state index contributed by atoms with van der Waals surface area (Å²) in [5.41, 5.74) is 0. The quantitative estimate of drug-likeness (QED) is 0.753. The average Bonchev–Trinajstić information content (AvgIpc) is 2.73. The fourth-order valence-corrected chi connectivity index (χ4v) is 2.20. The predicted octanol–water partition coefficient (Wildman–Crippen LogP) is 0.223. The van der Waals surface area contributed by atoms with Crippen LogP contribution in [0.4, 0.5) is 0 Å². The Kier molecular flexibility index (Phi) is 4.69. The lowest BCUT2D eigenvalue weighted by Crippen LogP contribution is -2.53. The number of carbonyl (C=O) groups excluding carboxylic acids is 2. The lowest BCUT2D eigenvalue weighted by Gasteiger charge is -2.29. The molecule has 1 aliphatic rings. The number of hydrogen-bond acceptors (Lipinski definition) is 3. The van der Waals surface area contributed by atoms with Crippen molar-refractivity contribution in [2.24, 2.45) is 5.92 Å². The zero-order valence-electron chi connectivity index (χ0n) is 11.0. The van der Waals surface area contributed by atoms with Crippen molar-refractivity contribution in [2.75, 3.05) is 6.54 Å². The van der Waals surface area contributed by atoms with E-state index in [2.05, 4.69) is 5.32 Å². The van der Waals surface area contributed by atoms with E-state index >= 15 is 0 Å². The Balaban J connectivity index is 2.82. The Bertz CT molecular complexity index is 350. The monoisotopic (exact) mass is 256 g/mol. The summed E-state index contributed by atoms with van der Waals surface area (Å²) < 4.78 is 0. The molecule has 1 heterocycles. The molecule has 0 aromatic rings. The molecule has 1 aliphatic heterocycles. The molecule has 0 aliphatic carbocycles. The van der Waals surface area contributed by atoms with Gasteiger partial charge in [0, 0.05) is 13.5 Å². The predicted molar refractivity (Wildman–Crippen MR) is 64.8 cm³/mol. The molecule has 0 spiro atoms. The molecule has 1 fully saturated rings. The molecule has 1 saturated heterocycles. The molecule has 2 amide bonds. The number of aliphatic carboxylic acids is 1. The van der Waals surface area contributed by atoms with Gasteiger partial charge in [-0.15, -0.1) is 0 Å². The van der Waals surface area contributed by atoms with Crippen molar-refractivity contribution in [3.63, 3.8) is 0 Å². The summed E-state index contributed by atoms with van der Waals surface area (Å²) in [7, 11) is 0. The van der Waals surface area contributed by atoms with Gasteiger partial charge < -0.3 is 15.3 Å². The molecule has 0 bridgehead atoms. The van der Waals surface area contributed by atoms with Crippen LogP contribution in [0.2, 0.25) is 0 Å². The van der Waals surface area contributed by atoms with Gasteiger partial charge in [-0.25, -0.2) is 4.79 Å². The molecule has 0 aromatic carbocycles. The molecule has 102 valence electrons. The average molecular weight is 256 g/mol. The van der Waals surface area contributed by atoms with Crippen LogP contribution in [-0.4, -0.2) is 46.4 Å². The highest BCUT2D eigenvalue weighted by Crippen LogP contribution is 2.20. The number of carboxylic acids is 1. The van der Waals surface area contributed by atoms with Crippen LogP contribution in [0.25, 0.3) is 0 Å². The maximum Gasteiger partial charge on any atom is 0.326 e. The van der Waals surface area contributed by atoms with Crippen molar-refractivity contribution in [2.45, 2.75) is 45.7 Å². The number of carboxylic acid groups (broad SMARTS) is 1. The largest absolute Gasteiger partial charge is 0.480 e. The van der Waals surface area contributed by atoms with Crippen LogP contribution in [0, 0.1) is 5.92 Å². The summed E-state index contributed by atoms with van der Waals surface area (Å²) in [4.78, 5) is 35.8. The lowest BCUT2D eigenvalue weighted by atomic mass is 10.0. The van der Waals surface area contributed by atoms with Gasteiger partial charge in [0.25, 0.3) is 0 Å². The third-order valence-electron chi connectivity index (χ3n) is 3.11. The molecule has 0 saturated carbocycles. The number of rotatable bonds is 4. The van der Waals surface area contributed by atoms with Crippen molar-refractivity contribution < 1.29 is 19.5 Å². The normalized spacial score (nSPS) is 20.9. The van der Waals surface area contributed by atoms with E-state index in [1.807, 2.05) is 13.8 Å². The number of amides is 2. The van der Waals surface area contributed by atoms with Crippen molar-refractivity contribution >= 4 is 17.8 Å². The fourth-order valence-electron chi connectivity index (χ4n) is 2.20. The van der Waals surface area contributed by atoms with E-state index in [9.17, 15) is 14.4 Å². The highest BCUT2D eigenvalue weighted by atomic mass is 16.4. The van der Waals surface area contributed by atoms with E-state index in [4.69, 9.17) is 5.11 Å². The maximum absolute atomic E-state index is 12.3. The van der Waals surface area contributed by atoms with Gasteiger partial charge in [-0.3, -0.25) is 9.59 Å². The molecule has 2 N–H and O–H groups in total. The third-order valence-corrected chi connectivity index (χ3v) is 3.11. The number of likely N-dealkylation sites (tertiary alicyclic amines) is 1. The smallest absolute Gasteiger partial charge is 0.326 e. The second-order valence-corrected chi connectivity index (χ2v) is 4.95. The first-order valence-corrected chi connectivity index (χ1v) is 6.15. The van der Waals surface area contributed by atoms with Gasteiger partial charge in [0.15, 0.2) is 0 Å². The van der Waals surface area contributed by atoms with Crippen LogP contribution in [0.3, 0.4) is 0 Å². The molecule has 0 radical (unpaired) electrons. The molecule has 1 rings (SSSR count). The van der Waals surface area contributed by atoms with Gasteiger partial charge in [0.05, 0.1) is 0 Å². The van der Waals surface area contributed by atoms with Crippen LogP contribution < -0.4 is 5.32 Å². The summed E-state index contributed by atoms with van der Waals surface area (Å²) in [6.45, 7) is 5.44. The van der Waals surface area contributed by atoms with E-state index in [1.54, 1.807) is 0 Å². The van der Waals surface area contributed by atoms with E-state index in [0.717, 1.165) is 0 Å².